The quantitative estimate of drug-likeness (QED) is 0.282. The number of para-hydroxylation sites is 2. The van der Waals surface area contributed by atoms with Crippen LogP contribution in [0.25, 0.3) is 21.8 Å². The Kier molecular flexibility index (Phi) is 5.84. The Morgan fingerprint density at radius 1 is 1.03 bits per heavy atom. The van der Waals surface area contributed by atoms with Gasteiger partial charge in [0.05, 0.1) is 17.0 Å². The van der Waals surface area contributed by atoms with Crippen molar-refractivity contribution >= 4 is 33.7 Å². The number of aliphatic hydroxyl groups excluding tert-OH is 1. The van der Waals surface area contributed by atoms with E-state index in [-0.39, 0.29) is 11.8 Å². The highest BCUT2D eigenvalue weighted by molar-refractivity contribution is 5.88. The molecule has 0 fully saturated rings. The molecule has 5 N–H and O–H groups in total. The maximum atomic E-state index is 13.3. The molecule has 10 nitrogen and oxygen atoms in total. The van der Waals surface area contributed by atoms with Gasteiger partial charge in [0, 0.05) is 23.5 Å². The highest BCUT2D eigenvalue weighted by Gasteiger charge is 2.32. The maximum Gasteiger partial charge on any atom is 0.329 e. The second kappa shape index (κ2) is 8.75. The van der Waals surface area contributed by atoms with Crippen LogP contribution in [0.5, 0.6) is 0 Å². The molecule has 1 unspecified atom stereocenters. The smallest absolute Gasteiger partial charge is 0.329 e. The molecule has 0 bridgehead atoms. The number of rotatable bonds is 7. The third-order valence-electron chi connectivity index (χ3n) is 5.59. The average Bonchev–Trinajstić information content (AvgIpc) is 3.19. The molecule has 0 saturated carbocycles. The van der Waals surface area contributed by atoms with E-state index in [1.165, 1.54) is 13.0 Å². The number of carboxylic acids is 1. The predicted molar refractivity (Wildman–Crippen MR) is 121 cm³/mol. The zero-order chi connectivity index (χ0) is 23.7. The van der Waals surface area contributed by atoms with E-state index in [4.69, 9.17) is 0 Å². The molecule has 2 heterocycles. The van der Waals surface area contributed by atoms with E-state index >= 15 is 0 Å². The number of aliphatic carboxylic acids is 1. The first-order valence-corrected chi connectivity index (χ1v) is 10.3. The van der Waals surface area contributed by atoms with Crippen LogP contribution < -0.4 is 16.6 Å². The van der Waals surface area contributed by atoms with Crippen molar-refractivity contribution in [1.29, 1.82) is 0 Å². The number of aromatic amines is 2. The summed E-state index contributed by atoms with van der Waals surface area (Å²) in [6, 6.07) is 10.8. The fourth-order valence-electron chi connectivity index (χ4n) is 3.91. The number of benzene rings is 2. The number of hydrogen-bond donors (Lipinski definition) is 5. The number of aliphatic hydroxyl groups is 1. The molecule has 2 aromatic heterocycles. The molecule has 0 aliphatic carbocycles. The Morgan fingerprint density at radius 3 is 2.33 bits per heavy atom. The number of fused-ring (bicyclic) bond motifs is 2. The van der Waals surface area contributed by atoms with Crippen LogP contribution in [0.4, 0.5) is 0 Å². The first-order valence-electron chi connectivity index (χ1n) is 10.3. The van der Waals surface area contributed by atoms with Gasteiger partial charge in [0.15, 0.2) is 6.04 Å². The molecule has 0 aliphatic heterocycles. The van der Waals surface area contributed by atoms with Crippen molar-refractivity contribution in [1.82, 2.24) is 19.9 Å². The second-order valence-corrected chi connectivity index (χ2v) is 7.80. The van der Waals surface area contributed by atoms with E-state index in [1.807, 2.05) is 24.3 Å². The highest BCUT2D eigenvalue weighted by atomic mass is 16.4. The number of carbonyl (C=O) groups excluding carboxylic acids is 1. The SMILES string of the molecule is CC(O)[C@H](NC(=O)[C@@H](Cc1c[nH]c2ccccc12)n1c(=O)[nH]c2ccccc2c1=O)C(=O)O. The maximum absolute atomic E-state index is 13.3. The number of hydrogen-bond acceptors (Lipinski definition) is 5. The lowest BCUT2D eigenvalue weighted by Crippen LogP contribution is -2.52. The average molecular weight is 450 g/mol. The van der Waals surface area contributed by atoms with Gasteiger partial charge in [-0.3, -0.25) is 9.59 Å². The van der Waals surface area contributed by atoms with Crippen molar-refractivity contribution in [3.63, 3.8) is 0 Å². The highest BCUT2D eigenvalue weighted by Crippen LogP contribution is 2.22. The monoisotopic (exact) mass is 450 g/mol. The van der Waals surface area contributed by atoms with Gasteiger partial charge in [0.25, 0.3) is 5.56 Å². The Morgan fingerprint density at radius 2 is 1.67 bits per heavy atom. The summed E-state index contributed by atoms with van der Waals surface area (Å²) in [6.45, 7) is 1.22. The van der Waals surface area contributed by atoms with Crippen molar-refractivity contribution in [2.45, 2.75) is 31.5 Å². The van der Waals surface area contributed by atoms with Crippen LogP contribution in [0.1, 0.15) is 18.5 Å². The van der Waals surface area contributed by atoms with E-state index in [1.54, 1.807) is 24.4 Å². The van der Waals surface area contributed by atoms with Gasteiger partial charge in [-0.2, -0.15) is 0 Å². The Bertz CT molecular complexity index is 1470. The molecule has 0 spiro atoms. The first kappa shape index (κ1) is 22.0. The summed E-state index contributed by atoms with van der Waals surface area (Å²) in [6.07, 6.45) is 0.213. The molecule has 1 amide bonds. The molecule has 33 heavy (non-hydrogen) atoms. The molecule has 4 rings (SSSR count). The summed E-state index contributed by atoms with van der Waals surface area (Å²) in [4.78, 5) is 56.6. The zero-order valence-electron chi connectivity index (χ0n) is 17.6. The van der Waals surface area contributed by atoms with Gasteiger partial charge < -0.3 is 25.5 Å². The van der Waals surface area contributed by atoms with Crippen molar-refractivity contribution in [3.8, 4) is 0 Å². The van der Waals surface area contributed by atoms with Crippen LogP contribution in [-0.4, -0.2) is 48.8 Å². The lowest BCUT2D eigenvalue weighted by molar-refractivity contribution is -0.145. The summed E-state index contributed by atoms with van der Waals surface area (Å²) >= 11 is 0. The fraction of sp³-hybridized carbons (Fsp3) is 0.217. The second-order valence-electron chi connectivity index (χ2n) is 7.80. The van der Waals surface area contributed by atoms with E-state index in [0.717, 1.165) is 15.5 Å². The van der Waals surface area contributed by atoms with Gasteiger partial charge in [-0.15, -0.1) is 0 Å². The summed E-state index contributed by atoms with van der Waals surface area (Å²) in [5.41, 5.74) is 0.302. The summed E-state index contributed by atoms with van der Waals surface area (Å²) in [7, 11) is 0. The third-order valence-corrected chi connectivity index (χ3v) is 5.59. The topological polar surface area (TPSA) is 157 Å². The normalized spacial score (nSPS) is 14.1. The first-order chi connectivity index (χ1) is 15.8. The number of nitrogens with zero attached hydrogens (tertiary/aromatic N) is 1. The van der Waals surface area contributed by atoms with Crippen LogP contribution in [-0.2, 0) is 16.0 Å². The zero-order valence-corrected chi connectivity index (χ0v) is 17.6. The predicted octanol–water partition coefficient (Wildman–Crippen LogP) is 0.905. The van der Waals surface area contributed by atoms with Gasteiger partial charge in [-0.1, -0.05) is 30.3 Å². The van der Waals surface area contributed by atoms with Crippen molar-refractivity contribution < 1.29 is 19.8 Å². The van der Waals surface area contributed by atoms with Crippen molar-refractivity contribution in [2.75, 3.05) is 0 Å². The van der Waals surface area contributed by atoms with Gasteiger partial charge in [-0.05, 0) is 30.7 Å². The van der Waals surface area contributed by atoms with Crippen molar-refractivity contribution in [2.24, 2.45) is 0 Å². The van der Waals surface area contributed by atoms with Crippen LogP contribution in [0.2, 0.25) is 0 Å². The number of H-pyrrole nitrogens is 2. The molecule has 10 heteroatoms. The molecule has 0 saturated heterocycles. The fourth-order valence-corrected chi connectivity index (χ4v) is 3.91. The molecule has 0 aliphatic rings. The van der Waals surface area contributed by atoms with E-state index in [2.05, 4.69) is 15.3 Å². The molecular formula is C23H22N4O6. The number of carbonyl (C=O) groups is 2. The lowest BCUT2D eigenvalue weighted by atomic mass is 10.0. The molecule has 0 radical (unpaired) electrons. The Labute approximate surface area is 186 Å². The number of carboxylic acid groups (broad SMARTS) is 1. The minimum absolute atomic E-state index is 0.0661. The molecule has 2 aromatic carbocycles. The summed E-state index contributed by atoms with van der Waals surface area (Å²) in [5, 5.41) is 22.4. The van der Waals surface area contributed by atoms with Crippen molar-refractivity contribution in [3.05, 3.63) is 81.1 Å². The molecule has 3 atom stereocenters. The van der Waals surface area contributed by atoms with E-state index < -0.39 is 41.3 Å². The summed E-state index contributed by atoms with van der Waals surface area (Å²) < 4.78 is 0.792. The minimum atomic E-state index is -1.61. The van der Waals surface area contributed by atoms with Crippen LogP contribution >= 0.6 is 0 Å². The lowest BCUT2D eigenvalue weighted by Gasteiger charge is -2.23. The number of amides is 1. The van der Waals surface area contributed by atoms with Crippen LogP contribution in [0, 0.1) is 0 Å². The third kappa shape index (κ3) is 4.15. The van der Waals surface area contributed by atoms with Gasteiger partial charge in [0.1, 0.15) is 6.04 Å². The number of aromatic nitrogens is 3. The van der Waals surface area contributed by atoms with Gasteiger partial charge >= 0.3 is 11.7 Å². The Balaban J connectivity index is 1.85. The molecular weight excluding hydrogens is 428 g/mol. The number of nitrogens with one attached hydrogen (secondary N) is 3. The van der Waals surface area contributed by atoms with E-state index in [0.29, 0.717) is 11.1 Å². The Hall–Kier alpha value is -4.18. The van der Waals surface area contributed by atoms with Gasteiger partial charge in [-0.25, -0.2) is 14.2 Å². The van der Waals surface area contributed by atoms with Gasteiger partial charge in [0.2, 0.25) is 5.91 Å². The summed E-state index contributed by atoms with van der Waals surface area (Å²) in [5.74, 6) is -2.32. The largest absolute Gasteiger partial charge is 0.480 e. The van der Waals surface area contributed by atoms with Crippen LogP contribution in [0.3, 0.4) is 0 Å². The standard InChI is InChI=1S/C23H22N4O6/c1-12(28)19(22(31)32)26-20(29)18(10-13-11-24-16-8-4-2-6-14(13)16)27-21(30)15-7-3-5-9-17(15)25-23(27)33/h2-9,11-12,18-19,24,28H,10H2,1H3,(H,25,33)(H,26,29)(H,31,32)/t12?,18-,19+/m1/s1. The molecule has 4 aromatic rings. The molecule has 170 valence electrons. The minimum Gasteiger partial charge on any atom is -0.480 e. The van der Waals surface area contributed by atoms with E-state index in [9.17, 15) is 29.4 Å². The van der Waals surface area contributed by atoms with Crippen LogP contribution in [0.15, 0.2) is 64.3 Å².